The van der Waals surface area contributed by atoms with E-state index in [0.717, 1.165) is 11.1 Å². The highest BCUT2D eigenvalue weighted by Gasteiger charge is 2.37. The highest BCUT2D eigenvalue weighted by atomic mass is 16.6. The van der Waals surface area contributed by atoms with E-state index in [2.05, 4.69) is 25.8 Å². The van der Waals surface area contributed by atoms with Gasteiger partial charge in [-0.3, -0.25) is 0 Å². The Bertz CT molecular complexity index is 1520. The Morgan fingerprint density at radius 3 is 2.65 bits per heavy atom. The maximum atomic E-state index is 12.2. The minimum absolute atomic E-state index is 0.174. The molecule has 1 fully saturated rings. The molecule has 6 rings (SSSR count). The monoisotopic (exact) mass is 543 g/mol. The maximum absolute atomic E-state index is 12.2. The summed E-state index contributed by atoms with van der Waals surface area (Å²) in [6.45, 7) is 6.04. The van der Waals surface area contributed by atoms with Crippen molar-refractivity contribution in [3.63, 3.8) is 0 Å². The molecule has 0 amide bonds. The third-order valence-corrected chi connectivity index (χ3v) is 6.92. The van der Waals surface area contributed by atoms with Crippen LogP contribution in [-0.4, -0.2) is 64.1 Å². The molecule has 4 heterocycles. The molecule has 2 aliphatic rings. The van der Waals surface area contributed by atoms with Crippen LogP contribution in [0.2, 0.25) is 0 Å². The molecule has 2 aliphatic heterocycles. The first-order valence-corrected chi connectivity index (χ1v) is 13.0. The summed E-state index contributed by atoms with van der Waals surface area (Å²) >= 11 is 0. The van der Waals surface area contributed by atoms with E-state index in [1.165, 1.54) is 0 Å². The molecule has 1 unspecified atom stereocenters. The van der Waals surface area contributed by atoms with Crippen molar-refractivity contribution in [2.45, 2.75) is 25.5 Å². The number of aromatic nitrogens is 4. The zero-order valence-corrected chi connectivity index (χ0v) is 22.1. The first kappa shape index (κ1) is 25.7. The van der Waals surface area contributed by atoms with Crippen molar-refractivity contribution in [3.8, 4) is 11.5 Å². The number of nitrogens with one attached hydrogen (secondary N) is 2. The third-order valence-electron chi connectivity index (χ3n) is 6.92. The smallest absolute Gasteiger partial charge is 0.339 e. The number of benzene rings is 2. The molecule has 2 aromatic heterocycles. The molecule has 2 aromatic carbocycles. The van der Waals surface area contributed by atoms with Gasteiger partial charge in [-0.2, -0.15) is 9.97 Å². The van der Waals surface area contributed by atoms with Crippen LogP contribution in [0.15, 0.2) is 59.3 Å². The minimum atomic E-state index is -0.734. The van der Waals surface area contributed by atoms with Crippen LogP contribution in [0, 0.1) is 0 Å². The second kappa shape index (κ2) is 10.5. The van der Waals surface area contributed by atoms with Gasteiger partial charge in [-0.25, -0.2) is 9.78 Å². The summed E-state index contributed by atoms with van der Waals surface area (Å²) in [6, 6.07) is 14.5. The summed E-state index contributed by atoms with van der Waals surface area (Å²) in [5, 5.41) is 20.9. The SMILES string of the molecule is CC1(C)OC(=O)c2ccc(Nc3ncc(-c4nc(N5CCOCC5)no4)c(NC(CO)c4ccccc4)n3)cc21. The largest absolute Gasteiger partial charge is 0.451 e. The van der Waals surface area contributed by atoms with Crippen LogP contribution in [-0.2, 0) is 15.1 Å². The van der Waals surface area contributed by atoms with E-state index in [4.69, 9.17) is 19.0 Å². The van der Waals surface area contributed by atoms with Gasteiger partial charge in [0.15, 0.2) is 0 Å². The molecule has 0 radical (unpaired) electrons. The number of aliphatic hydroxyl groups is 1. The van der Waals surface area contributed by atoms with Gasteiger partial charge in [0.2, 0.25) is 5.95 Å². The Morgan fingerprint density at radius 1 is 1.07 bits per heavy atom. The zero-order chi connectivity index (χ0) is 27.7. The third kappa shape index (κ3) is 5.06. The van der Waals surface area contributed by atoms with Crippen LogP contribution in [0.4, 0.5) is 23.4 Å². The van der Waals surface area contributed by atoms with Crippen LogP contribution in [0.3, 0.4) is 0 Å². The van der Waals surface area contributed by atoms with Gasteiger partial charge in [0, 0.05) is 30.5 Å². The van der Waals surface area contributed by atoms with Gasteiger partial charge in [0.1, 0.15) is 17.0 Å². The van der Waals surface area contributed by atoms with Crippen LogP contribution >= 0.6 is 0 Å². The Morgan fingerprint density at radius 2 is 1.88 bits per heavy atom. The highest BCUT2D eigenvalue weighted by molar-refractivity contribution is 5.95. The number of ether oxygens (including phenoxy) is 2. The minimum Gasteiger partial charge on any atom is -0.451 e. The standard InChI is InChI=1S/C28H29N7O5/c1-28(2)21-14-18(8-9-19(21)25(37)39-28)30-26-29-15-20(24-33-27(34-40-24)35-10-12-38-13-11-35)23(32-26)31-22(16-36)17-6-4-3-5-7-17/h3-9,14-15,22,36H,10-13,16H2,1-2H3,(H2,29,30,31,32). The van der Waals surface area contributed by atoms with Gasteiger partial charge in [-0.1, -0.05) is 30.3 Å². The van der Waals surface area contributed by atoms with Crippen LogP contribution < -0.4 is 15.5 Å². The van der Waals surface area contributed by atoms with Crippen molar-refractivity contribution in [2.24, 2.45) is 0 Å². The lowest BCUT2D eigenvalue weighted by molar-refractivity contribution is 0.00954. The lowest BCUT2D eigenvalue weighted by Gasteiger charge is -2.24. The molecule has 3 N–H and O–H groups in total. The first-order valence-electron chi connectivity index (χ1n) is 13.0. The number of carbonyl (C=O) groups excluding carboxylic acids is 1. The molecule has 0 saturated carbocycles. The summed E-state index contributed by atoms with van der Waals surface area (Å²) in [5.41, 5.74) is 2.65. The fraction of sp³-hybridized carbons (Fsp3) is 0.321. The fourth-order valence-electron chi connectivity index (χ4n) is 4.78. The van der Waals surface area contributed by atoms with E-state index < -0.39 is 11.6 Å². The van der Waals surface area contributed by atoms with Gasteiger partial charge in [0.05, 0.1) is 31.4 Å². The number of rotatable bonds is 8. The molecule has 0 aliphatic carbocycles. The molecular weight excluding hydrogens is 514 g/mol. The van der Waals surface area contributed by atoms with Gasteiger partial charge in [0.25, 0.3) is 11.8 Å². The predicted octanol–water partition coefficient (Wildman–Crippen LogP) is 3.66. The van der Waals surface area contributed by atoms with Crippen LogP contribution in [0.5, 0.6) is 0 Å². The van der Waals surface area contributed by atoms with Crippen molar-refractivity contribution < 1.29 is 23.9 Å². The quantitative estimate of drug-likeness (QED) is 0.279. The number of anilines is 4. The average molecular weight is 544 g/mol. The number of carbonyl (C=O) groups is 1. The number of nitrogens with zero attached hydrogens (tertiary/aromatic N) is 5. The van der Waals surface area contributed by atoms with E-state index >= 15 is 0 Å². The highest BCUT2D eigenvalue weighted by Crippen LogP contribution is 2.38. The topological polar surface area (TPSA) is 148 Å². The Hall–Kier alpha value is -4.55. The van der Waals surface area contributed by atoms with Crippen LogP contribution in [0.1, 0.15) is 41.4 Å². The van der Waals surface area contributed by atoms with Crippen molar-refractivity contribution in [1.29, 1.82) is 0 Å². The Balaban J connectivity index is 1.34. The van der Waals surface area contributed by atoms with E-state index in [1.807, 2.05) is 55.1 Å². The van der Waals surface area contributed by atoms with Gasteiger partial charge >= 0.3 is 5.97 Å². The second-order valence-corrected chi connectivity index (χ2v) is 10.0. The van der Waals surface area contributed by atoms with Gasteiger partial charge in [-0.15, -0.1) is 0 Å². The molecule has 206 valence electrons. The summed E-state index contributed by atoms with van der Waals surface area (Å²) in [6.07, 6.45) is 1.59. The Kier molecular flexibility index (Phi) is 6.78. The number of esters is 1. The summed E-state index contributed by atoms with van der Waals surface area (Å²) < 4.78 is 16.5. The molecular formula is C28H29N7O5. The second-order valence-electron chi connectivity index (χ2n) is 10.0. The van der Waals surface area contributed by atoms with Crippen molar-refractivity contribution in [2.75, 3.05) is 48.4 Å². The summed E-state index contributed by atoms with van der Waals surface area (Å²) in [5.74, 6) is 1.07. The van der Waals surface area contributed by atoms with E-state index in [0.29, 0.717) is 60.8 Å². The Labute approximate surface area is 230 Å². The normalized spacial score (nSPS) is 16.8. The van der Waals surface area contributed by atoms with E-state index in [9.17, 15) is 9.90 Å². The molecule has 1 atom stereocenters. The molecule has 0 bridgehead atoms. The zero-order valence-electron chi connectivity index (χ0n) is 22.1. The van der Waals surface area contributed by atoms with Crippen LogP contribution in [0.25, 0.3) is 11.5 Å². The molecule has 12 nitrogen and oxygen atoms in total. The van der Waals surface area contributed by atoms with E-state index in [-0.39, 0.29) is 18.5 Å². The van der Waals surface area contributed by atoms with Crippen molar-refractivity contribution >= 4 is 29.4 Å². The molecule has 1 saturated heterocycles. The van der Waals surface area contributed by atoms with Crippen molar-refractivity contribution in [3.05, 3.63) is 71.4 Å². The summed E-state index contributed by atoms with van der Waals surface area (Å²) in [4.78, 5) is 28.0. The fourth-order valence-corrected chi connectivity index (χ4v) is 4.78. The van der Waals surface area contributed by atoms with Gasteiger partial charge < -0.3 is 34.6 Å². The predicted molar refractivity (Wildman–Crippen MR) is 146 cm³/mol. The lowest BCUT2D eigenvalue weighted by atomic mass is 9.95. The number of hydrogen-bond acceptors (Lipinski definition) is 12. The molecule has 40 heavy (non-hydrogen) atoms. The number of hydrogen-bond donors (Lipinski definition) is 3. The number of cyclic esters (lactones) is 1. The number of fused-ring (bicyclic) bond motifs is 1. The summed E-state index contributed by atoms with van der Waals surface area (Å²) in [7, 11) is 0. The van der Waals surface area contributed by atoms with E-state index in [1.54, 1.807) is 18.3 Å². The molecule has 4 aromatic rings. The molecule has 0 spiro atoms. The lowest BCUT2D eigenvalue weighted by Crippen LogP contribution is -2.36. The molecule has 12 heteroatoms. The average Bonchev–Trinajstić information content (AvgIpc) is 3.55. The van der Waals surface area contributed by atoms with Crippen molar-refractivity contribution in [1.82, 2.24) is 20.1 Å². The number of aliphatic hydroxyl groups excluding tert-OH is 1. The van der Waals surface area contributed by atoms with Gasteiger partial charge in [-0.05, 0) is 42.8 Å². The first-order chi connectivity index (χ1) is 19.4. The maximum Gasteiger partial charge on any atom is 0.339 e. The number of morpholine rings is 1.